The summed E-state index contributed by atoms with van der Waals surface area (Å²) in [6, 6.07) is 18.1. The molecule has 0 saturated carbocycles. The molecule has 0 aromatic heterocycles. The Morgan fingerprint density at radius 3 is 2.32 bits per heavy atom. The second-order valence-electron chi connectivity index (χ2n) is 5.39. The average Bonchev–Trinajstić information content (AvgIpc) is 2.49. The molecule has 0 fully saturated rings. The number of halogens is 1. The molecule has 1 N–H and O–H groups in total. The summed E-state index contributed by atoms with van der Waals surface area (Å²) in [6.07, 6.45) is 0.497. The lowest BCUT2D eigenvalue weighted by molar-refractivity contribution is -0.116. The van der Waals surface area contributed by atoms with Crippen molar-refractivity contribution in [2.24, 2.45) is 0 Å². The van der Waals surface area contributed by atoms with Crippen molar-refractivity contribution in [1.82, 2.24) is 4.90 Å². The number of hydrogen-bond acceptors (Lipinski definition) is 2. The van der Waals surface area contributed by atoms with E-state index in [1.807, 2.05) is 56.4 Å². The number of nitrogens with zero attached hydrogens (tertiary/aromatic N) is 1. The first-order chi connectivity index (χ1) is 10.1. The molecule has 4 heteroatoms. The Morgan fingerprint density at radius 1 is 1.05 bits per heavy atom. The summed E-state index contributed by atoms with van der Waals surface area (Å²) in [5.74, 6) is 0.0544. The van der Waals surface area contributed by atoms with E-state index in [0.29, 0.717) is 6.42 Å². The van der Waals surface area contributed by atoms with E-state index in [9.17, 15) is 4.79 Å². The van der Waals surface area contributed by atoms with E-state index < -0.39 is 0 Å². The van der Waals surface area contributed by atoms with Crippen LogP contribution in [0.2, 0.25) is 0 Å². The van der Waals surface area contributed by atoms with Crippen LogP contribution in [0.5, 0.6) is 0 Å². The molecule has 0 saturated heterocycles. The number of carbonyl (C=O) groups excluding carboxylic acids is 1. The van der Waals surface area contributed by atoms with Gasteiger partial charge in [0.1, 0.15) is 0 Å². The van der Waals surface area contributed by atoms with Crippen LogP contribution in [0.4, 0.5) is 5.69 Å². The first-order valence-electron chi connectivity index (χ1n) is 7.22. The Balaban J connectivity index is 0.00000242. The molecule has 0 aliphatic heterocycles. The third-order valence-electron chi connectivity index (χ3n) is 3.35. The van der Waals surface area contributed by atoms with Gasteiger partial charge in [0.15, 0.2) is 0 Å². The van der Waals surface area contributed by atoms with E-state index in [2.05, 4.69) is 22.3 Å². The van der Waals surface area contributed by atoms with Gasteiger partial charge in [-0.25, -0.2) is 0 Å². The fourth-order valence-electron chi connectivity index (χ4n) is 2.13. The van der Waals surface area contributed by atoms with Crippen molar-refractivity contribution in [2.45, 2.75) is 19.9 Å². The van der Waals surface area contributed by atoms with Crippen LogP contribution in [-0.2, 0) is 11.3 Å². The third kappa shape index (κ3) is 6.29. The van der Waals surface area contributed by atoms with Crippen molar-refractivity contribution in [1.29, 1.82) is 0 Å². The Hall–Kier alpha value is -1.84. The number of rotatable bonds is 6. The maximum atomic E-state index is 11.9. The lowest BCUT2D eigenvalue weighted by atomic mass is 10.2. The third-order valence-corrected chi connectivity index (χ3v) is 3.35. The molecule has 1 amide bonds. The van der Waals surface area contributed by atoms with E-state index >= 15 is 0 Å². The minimum absolute atomic E-state index is 0. The van der Waals surface area contributed by atoms with Crippen LogP contribution in [0.15, 0.2) is 54.6 Å². The minimum atomic E-state index is 0. The smallest absolute Gasteiger partial charge is 0.225 e. The number of aryl methyl sites for hydroxylation is 1. The molecule has 0 spiro atoms. The zero-order valence-corrected chi connectivity index (χ0v) is 13.9. The van der Waals surface area contributed by atoms with Gasteiger partial charge in [0, 0.05) is 25.2 Å². The van der Waals surface area contributed by atoms with E-state index in [0.717, 1.165) is 18.8 Å². The highest BCUT2D eigenvalue weighted by Crippen LogP contribution is 2.09. The van der Waals surface area contributed by atoms with Gasteiger partial charge in [-0.2, -0.15) is 0 Å². The fraction of sp³-hybridized carbons (Fsp3) is 0.278. The number of amides is 1. The zero-order valence-electron chi connectivity index (χ0n) is 13.1. The molecule has 0 heterocycles. The highest BCUT2D eigenvalue weighted by Gasteiger charge is 2.05. The van der Waals surface area contributed by atoms with Gasteiger partial charge in [0.25, 0.3) is 0 Å². The van der Waals surface area contributed by atoms with Crippen molar-refractivity contribution in [3.63, 3.8) is 0 Å². The van der Waals surface area contributed by atoms with Crippen LogP contribution in [0, 0.1) is 6.92 Å². The summed E-state index contributed by atoms with van der Waals surface area (Å²) in [7, 11) is 2.03. The van der Waals surface area contributed by atoms with Gasteiger partial charge >= 0.3 is 0 Å². The summed E-state index contributed by atoms with van der Waals surface area (Å²) in [4.78, 5) is 14.1. The van der Waals surface area contributed by atoms with Crippen LogP contribution in [0.1, 0.15) is 17.5 Å². The predicted molar refractivity (Wildman–Crippen MR) is 94.4 cm³/mol. The largest absolute Gasteiger partial charge is 0.326 e. The summed E-state index contributed by atoms with van der Waals surface area (Å²) in [5.41, 5.74) is 3.31. The molecular formula is C18H23ClN2O. The van der Waals surface area contributed by atoms with Crippen LogP contribution in [0.25, 0.3) is 0 Å². The molecule has 0 atom stereocenters. The molecule has 0 unspecified atom stereocenters. The summed E-state index contributed by atoms with van der Waals surface area (Å²) in [5, 5.41) is 2.92. The maximum Gasteiger partial charge on any atom is 0.225 e. The van der Waals surface area contributed by atoms with Crippen molar-refractivity contribution in [3.05, 3.63) is 65.7 Å². The van der Waals surface area contributed by atoms with E-state index in [-0.39, 0.29) is 18.3 Å². The number of anilines is 1. The molecule has 2 rings (SSSR count). The molecule has 2 aromatic rings. The number of nitrogens with one attached hydrogen (secondary N) is 1. The lowest BCUT2D eigenvalue weighted by Gasteiger charge is -2.16. The molecular weight excluding hydrogens is 296 g/mol. The quantitative estimate of drug-likeness (QED) is 0.876. The van der Waals surface area contributed by atoms with E-state index in [4.69, 9.17) is 0 Å². The normalized spacial score (nSPS) is 10.1. The van der Waals surface area contributed by atoms with Gasteiger partial charge in [-0.3, -0.25) is 4.79 Å². The Labute approximate surface area is 138 Å². The van der Waals surface area contributed by atoms with Crippen LogP contribution >= 0.6 is 12.4 Å². The Morgan fingerprint density at radius 2 is 1.68 bits per heavy atom. The molecule has 22 heavy (non-hydrogen) atoms. The lowest BCUT2D eigenvalue weighted by Crippen LogP contribution is -2.24. The second kappa shape index (κ2) is 9.23. The molecule has 0 aliphatic carbocycles. The number of hydrogen-bond donors (Lipinski definition) is 1. The minimum Gasteiger partial charge on any atom is -0.326 e. The van der Waals surface area contributed by atoms with Gasteiger partial charge in [-0.15, -0.1) is 12.4 Å². The Kier molecular flexibility index (Phi) is 7.64. The first-order valence-corrected chi connectivity index (χ1v) is 7.22. The van der Waals surface area contributed by atoms with Crippen LogP contribution in [-0.4, -0.2) is 24.4 Å². The molecule has 0 bridgehead atoms. The maximum absolute atomic E-state index is 11.9. The van der Waals surface area contributed by atoms with Crippen molar-refractivity contribution >= 4 is 24.0 Å². The molecule has 0 aliphatic rings. The van der Waals surface area contributed by atoms with Crippen LogP contribution < -0.4 is 5.32 Å². The number of carbonyl (C=O) groups is 1. The van der Waals surface area contributed by atoms with Gasteiger partial charge in [-0.1, -0.05) is 48.0 Å². The topological polar surface area (TPSA) is 32.3 Å². The van der Waals surface area contributed by atoms with Gasteiger partial charge < -0.3 is 10.2 Å². The van der Waals surface area contributed by atoms with Crippen LogP contribution in [0.3, 0.4) is 0 Å². The first kappa shape index (κ1) is 18.2. The standard InChI is InChI=1S/C18H22N2O.ClH/c1-15-8-10-17(11-9-15)19-18(21)12-13-20(2)14-16-6-4-3-5-7-16;/h3-11H,12-14H2,1-2H3,(H,19,21);1H. The summed E-state index contributed by atoms with van der Waals surface area (Å²) >= 11 is 0. The van der Waals surface area contributed by atoms with Crippen molar-refractivity contribution in [3.8, 4) is 0 Å². The fourth-order valence-corrected chi connectivity index (χ4v) is 2.13. The van der Waals surface area contributed by atoms with Gasteiger partial charge in [-0.05, 0) is 31.7 Å². The van der Waals surface area contributed by atoms with E-state index in [1.165, 1.54) is 11.1 Å². The van der Waals surface area contributed by atoms with Gasteiger partial charge in [0.05, 0.1) is 0 Å². The summed E-state index contributed by atoms with van der Waals surface area (Å²) in [6.45, 7) is 3.63. The Bertz CT molecular complexity index is 569. The van der Waals surface area contributed by atoms with Crippen molar-refractivity contribution < 1.29 is 4.79 Å². The monoisotopic (exact) mass is 318 g/mol. The average molecular weight is 319 g/mol. The predicted octanol–water partition coefficient (Wildman–Crippen LogP) is 3.88. The van der Waals surface area contributed by atoms with E-state index in [1.54, 1.807) is 0 Å². The molecule has 2 aromatic carbocycles. The molecule has 118 valence electrons. The molecule has 0 radical (unpaired) electrons. The summed E-state index contributed by atoms with van der Waals surface area (Å²) < 4.78 is 0. The number of benzene rings is 2. The van der Waals surface area contributed by atoms with Crippen molar-refractivity contribution in [2.75, 3.05) is 18.9 Å². The second-order valence-corrected chi connectivity index (χ2v) is 5.39. The highest BCUT2D eigenvalue weighted by atomic mass is 35.5. The zero-order chi connectivity index (χ0) is 15.1. The highest BCUT2D eigenvalue weighted by molar-refractivity contribution is 5.90. The SMILES string of the molecule is Cc1ccc(NC(=O)CCN(C)Cc2ccccc2)cc1.Cl. The van der Waals surface area contributed by atoms with Gasteiger partial charge in [0.2, 0.25) is 5.91 Å². The molecule has 3 nitrogen and oxygen atoms in total.